The lowest BCUT2D eigenvalue weighted by atomic mass is 10.1. The average molecular weight is 443 g/mol. The van der Waals surface area contributed by atoms with E-state index in [-0.39, 0.29) is 17.8 Å². The molecule has 1 aliphatic heterocycles. The van der Waals surface area contributed by atoms with Gasteiger partial charge in [-0.1, -0.05) is 42.5 Å². The van der Waals surface area contributed by atoms with Crippen LogP contribution in [0.4, 0.5) is 16.2 Å². The monoisotopic (exact) mass is 442 g/mol. The van der Waals surface area contributed by atoms with Crippen LogP contribution in [-0.2, 0) is 0 Å². The van der Waals surface area contributed by atoms with E-state index in [2.05, 4.69) is 5.32 Å². The maximum Gasteiger partial charge on any atom is 0.321 e. The van der Waals surface area contributed by atoms with Gasteiger partial charge in [0.25, 0.3) is 11.8 Å². The van der Waals surface area contributed by atoms with Gasteiger partial charge in [0.1, 0.15) is 0 Å². The van der Waals surface area contributed by atoms with Crippen molar-refractivity contribution in [2.45, 2.75) is 0 Å². The van der Waals surface area contributed by atoms with Crippen molar-refractivity contribution in [3.8, 4) is 0 Å². The standard InChI is InChI=1S/C26H26N4O3/c1-28(23-13-6-3-7-14-23)24(31)21-11-8-12-22(19-21)27-26(33)30-17-15-29(16-18-30)25(32)20-9-4-2-5-10-20/h2-14,19H,15-18H2,1H3,(H,27,33). The largest absolute Gasteiger partial charge is 0.335 e. The van der Waals surface area contributed by atoms with E-state index in [4.69, 9.17) is 0 Å². The molecular formula is C26H26N4O3. The molecule has 1 saturated heterocycles. The minimum atomic E-state index is -0.247. The third kappa shape index (κ3) is 5.20. The van der Waals surface area contributed by atoms with Crippen LogP contribution >= 0.6 is 0 Å². The molecule has 0 saturated carbocycles. The summed E-state index contributed by atoms with van der Waals surface area (Å²) < 4.78 is 0. The highest BCUT2D eigenvalue weighted by atomic mass is 16.2. The Balaban J connectivity index is 1.35. The van der Waals surface area contributed by atoms with Crippen molar-refractivity contribution in [2.24, 2.45) is 0 Å². The molecule has 0 bridgehead atoms. The smallest absolute Gasteiger partial charge is 0.321 e. The Kier molecular flexibility index (Phi) is 6.69. The van der Waals surface area contributed by atoms with Crippen LogP contribution in [0.5, 0.6) is 0 Å². The lowest BCUT2D eigenvalue weighted by molar-refractivity contribution is 0.0671. The predicted octanol–water partition coefficient (Wildman–Crippen LogP) is 3.95. The molecule has 7 nitrogen and oxygen atoms in total. The van der Waals surface area contributed by atoms with Crippen molar-refractivity contribution in [1.29, 1.82) is 0 Å². The van der Waals surface area contributed by atoms with Crippen LogP contribution in [0.2, 0.25) is 0 Å². The highest BCUT2D eigenvalue weighted by molar-refractivity contribution is 6.06. The second kappa shape index (κ2) is 9.99. The molecule has 0 unspecified atom stereocenters. The highest BCUT2D eigenvalue weighted by Gasteiger charge is 2.25. The van der Waals surface area contributed by atoms with Gasteiger partial charge in [-0.2, -0.15) is 0 Å². The Morgan fingerprint density at radius 2 is 1.30 bits per heavy atom. The topological polar surface area (TPSA) is 73.0 Å². The van der Waals surface area contributed by atoms with Gasteiger partial charge < -0.3 is 20.0 Å². The molecule has 1 aliphatic rings. The van der Waals surface area contributed by atoms with Crippen molar-refractivity contribution in [3.05, 3.63) is 96.1 Å². The molecular weight excluding hydrogens is 416 g/mol. The first kappa shape index (κ1) is 22.1. The number of carbonyl (C=O) groups is 3. The molecule has 4 amide bonds. The number of urea groups is 1. The lowest BCUT2D eigenvalue weighted by Gasteiger charge is -2.34. The first-order valence-electron chi connectivity index (χ1n) is 10.9. The summed E-state index contributed by atoms with van der Waals surface area (Å²) >= 11 is 0. The van der Waals surface area contributed by atoms with Gasteiger partial charge in [0.15, 0.2) is 0 Å². The number of hydrogen-bond acceptors (Lipinski definition) is 3. The fourth-order valence-electron chi connectivity index (χ4n) is 3.77. The van der Waals surface area contributed by atoms with Crippen molar-refractivity contribution in [3.63, 3.8) is 0 Å². The van der Waals surface area contributed by atoms with Crippen molar-refractivity contribution in [1.82, 2.24) is 9.80 Å². The molecule has 7 heteroatoms. The number of carbonyl (C=O) groups excluding carboxylic acids is 3. The van der Waals surface area contributed by atoms with Gasteiger partial charge in [-0.05, 0) is 42.5 Å². The minimum Gasteiger partial charge on any atom is -0.335 e. The molecule has 1 heterocycles. The number of amides is 4. The Morgan fingerprint density at radius 3 is 1.97 bits per heavy atom. The van der Waals surface area contributed by atoms with Gasteiger partial charge in [0.05, 0.1) is 0 Å². The normalized spacial score (nSPS) is 13.4. The zero-order chi connectivity index (χ0) is 23.2. The van der Waals surface area contributed by atoms with Crippen LogP contribution in [0.25, 0.3) is 0 Å². The van der Waals surface area contributed by atoms with Gasteiger partial charge in [-0.3, -0.25) is 9.59 Å². The number of piperazine rings is 1. The molecule has 0 aromatic heterocycles. The van der Waals surface area contributed by atoms with E-state index in [1.165, 1.54) is 0 Å². The number of anilines is 2. The van der Waals surface area contributed by atoms with E-state index in [9.17, 15) is 14.4 Å². The lowest BCUT2D eigenvalue weighted by Crippen LogP contribution is -2.51. The first-order chi connectivity index (χ1) is 16.0. The number of para-hydroxylation sites is 1. The fraction of sp³-hybridized carbons (Fsp3) is 0.192. The minimum absolute atomic E-state index is 0.0237. The van der Waals surface area contributed by atoms with Gasteiger partial charge in [0, 0.05) is 55.7 Å². The van der Waals surface area contributed by atoms with E-state index in [1.807, 2.05) is 48.5 Å². The summed E-state index contributed by atoms with van der Waals surface area (Å²) in [6.45, 7) is 1.84. The van der Waals surface area contributed by atoms with Crippen LogP contribution in [0.1, 0.15) is 20.7 Å². The van der Waals surface area contributed by atoms with Crippen LogP contribution in [-0.4, -0.2) is 60.9 Å². The third-order valence-electron chi connectivity index (χ3n) is 5.68. The van der Waals surface area contributed by atoms with Crippen molar-refractivity contribution < 1.29 is 14.4 Å². The maximum atomic E-state index is 12.9. The Labute approximate surface area is 193 Å². The summed E-state index contributed by atoms with van der Waals surface area (Å²) in [5, 5.41) is 2.87. The van der Waals surface area contributed by atoms with Crippen molar-refractivity contribution in [2.75, 3.05) is 43.4 Å². The molecule has 0 radical (unpaired) electrons. The summed E-state index contributed by atoms with van der Waals surface area (Å²) in [5.41, 5.74) is 2.48. The molecule has 3 aromatic rings. The zero-order valence-corrected chi connectivity index (χ0v) is 18.5. The fourth-order valence-corrected chi connectivity index (χ4v) is 3.77. The maximum absolute atomic E-state index is 12.9. The van der Waals surface area contributed by atoms with Gasteiger partial charge in [-0.25, -0.2) is 4.79 Å². The second-order valence-electron chi connectivity index (χ2n) is 7.86. The Bertz CT molecular complexity index is 1130. The number of rotatable bonds is 4. The molecule has 1 N–H and O–H groups in total. The molecule has 0 atom stereocenters. The molecule has 33 heavy (non-hydrogen) atoms. The summed E-state index contributed by atoms with van der Waals surface area (Å²) in [4.78, 5) is 43.2. The van der Waals surface area contributed by atoms with E-state index in [0.717, 1.165) is 5.69 Å². The van der Waals surface area contributed by atoms with Crippen molar-refractivity contribution >= 4 is 29.2 Å². The SMILES string of the molecule is CN(C(=O)c1cccc(NC(=O)N2CCN(C(=O)c3ccccc3)CC2)c1)c1ccccc1. The second-order valence-corrected chi connectivity index (χ2v) is 7.86. The van der Waals surface area contributed by atoms with Gasteiger partial charge in [0.2, 0.25) is 0 Å². The zero-order valence-electron chi connectivity index (χ0n) is 18.5. The summed E-state index contributed by atoms with van der Waals surface area (Å²) in [5.74, 6) is -0.185. The average Bonchev–Trinajstić information content (AvgIpc) is 2.88. The molecule has 1 fully saturated rings. The third-order valence-corrected chi connectivity index (χ3v) is 5.68. The molecule has 4 rings (SSSR count). The Morgan fingerprint density at radius 1 is 0.727 bits per heavy atom. The molecule has 3 aromatic carbocycles. The highest BCUT2D eigenvalue weighted by Crippen LogP contribution is 2.18. The number of nitrogens with one attached hydrogen (secondary N) is 1. The summed E-state index contributed by atoms with van der Waals surface area (Å²) in [6.07, 6.45) is 0. The summed E-state index contributed by atoms with van der Waals surface area (Å²) in [6, 6.07) is 25.2. The van der Waals surface area contributed by atoms with Crippen LogP contribution in [0, 0.1) is 0 Å². The van der Waals surface area contributed by atoms with Crippen LogP contribution in [0.15, 0.2) is 84.9 Å². The van der Waals surface area contributed by atoms with Gasteiger partial charge in [-0.15, -0.1) is 0 Å². The molecule has 0 aliphatic carbocycles. The first-order valence-corrected chi connectivity index (χ1v) is 10.9. The number of benzene rings is 3. The number of hydrogen-bond donors (Lipinski definition) is 1. The summed E-state index contributed by atoms with van der Waals surface area (Å²) in [7, 11) is 1.72. The van der Waals surface area contributed by atoms with Crippen LogP contribution in [0.3, 0.4) is 0 Å². The predicted molar refractivity (Wildman–Crippen MR) is 129 cm³/mol. The number of nitrogens with zero attached hydrogens (tertiary/aromatic N) is 3. The van der Waals surface area contributed by atoms with E-state index in [1.54, 1.807) is 58.1 Å². The van der Waals surface area contributed by atoms with Gasteiger partial charge >= 0.3 is 6.03 Å². The van der Waals surface area contributed by atoms with E-state index in [0.29, 0.717) is 43.0 Å². The van der Waals surface area contributed by atoms with E-state index >= 15 is 0 Å². The molecule has 168 valence electrons. The molecule has 0 spiro atoms. The Hall–Kier alpha value is -4.13. The quantitative estimate of drug-likeness (QED) is 0.665. The van der Waals surface area contributed by atoms with Crippen LogP contribution < -0.4 is 10.2 Å². The van der Waals surface area contributed by atoms with E-state index < -0.39 is 0 Å².